The average molecular weight is 280 g/mol. The Bertz CT molecular complexity index is 486. The van der Waals surface area contributed by atoms with Gasteiger partial charge in [-0.2, -0.15) is 0 Å². The first-order chi connectivity index (χ1) is 9.19. The molecule has 1 aliphatic heterocycles. The first-order valence-corrected chi connectivity index (χ1v) is 7.81. The summed E-state index contributed by atoms with van der Waals surface area (Å²) in [7, 11) is 1.78. The van der Waals surface area contributed by atoms with Gasteiger partial charge in [0.25, 0.3) is 0 Å². The molecular formula is C14H20N2O2S. The summed E-state index contributed by atoms with van der Waals surface area (Å²) >= 11 is 1.57. The third-order valence-corrected chi connectivity index (χ3v) is 5.42. The minimum Gasteiger partial charge on any atom is -0.379 e. The van der Waals surface area contributed by atoms with Crippen molar-refractivity contribution in [3.63, 3.8) is 0 Å². The molecule has 0 bridgehead atoms. The van der Waals surface area contributed by atoms with Crippen LogP contribution in [0.3, 0.4) is 0 Å². The highest BCUT2D eigenvalue weighted by Gasteiger charge is 2.30. The van der Waals surface area contributed by atoms with Gasteiger partial charge in [0.15, 0.2) is 10.9 Å². The van der Waals surface area contributed by atoms with Crippen LogP contribution in [0.25, 0.3) is 0 Å². The summed E-state index contributed by atoms with van der Waals surface area (Å²) < 4.78 is 5.55. The van der Waals surface area contributed by atoms with Crippen molar-refractivity contribution in [2.24, 2.45) is 5.92 Å². The van der Waals surface area contributed by atoms with E-state index >= 15 is 0 Å². The fourth-order valence-electron chi connectivity index (χ4n) is 2.91. The van der Waals surface area contributed by atoms with Crippen LogP contribution in [0.2, 0.25) is 0 Å². The number of ether oxygens (including phenoxy) is 1. The number of rotatable bonds is 2. The van der Waals surface area contributed by atoms with E-state index in [1.54, 1.807) is 18.4 Å². The van der Waals surface area contributed by atoms with Crippen LogP contribution in [-0.2, 0) is 11.2 Å². The van der Waals surface area contributed by atoms with Crippen LogP contribution in [0.15, 0.2) is 0 Å². The molecule has 0 aromatic carbocycles. The number of carbonyl (C=O) groups is 1. The van der Waals surface area contributed by atoms with Gasteiger partial charge in [0.1, 0.15) is 0 Å². The van der Waals surface area contributed by atoms with Crippen molar-refractivity contribution in [2.45, 2.75) is 38.7 Å². The maximum atomic E-state index is 11.9. The number of fused-ring (bicyclic) bond motifs is 1. The molecule has 3 rings (SSSR count). The van der Waals surface area contributed by atoms with Gasteiger partial charge in [0, 0.05) is 26.6 Å². The van der Waals surface area contributed by atoms with Crippen molar-refractivity contribution in [3.8, 4) is 0 Å². The second kappa shape index (κ2) is 5.21. The number of nitrogens with zero attached hydrogens (tertiary/aromatic N) is 2. The molecule has 2 unspecified atom stereocenters. The molecule has 0 radical (unpaired) electrons. The molecule has 5 heteroatoms. The normalized spacial score (nSPS) is 27.5. The Morgan fingerprint density at radius 2 is 2.26 bits per heavy atom. The second-order valence-corrected chi connectivity index (χ2v) is 6.51. The number of Topliss-reactive ketones (excluding diaryl/α,β-unsaturated/α-hetero) is 1. The van der Waals surface area contributed by atoms with Crippen molar-refractivity contribution in [1.82, 2.24) is 4.98 Å². The highest BCUT2D eigenvalue weighted by atomic mass is 32.1. The number of methoxy groups -OCH3 is 1. The minimum absolute atomic E-state index is 0.269. The van der Waals surface area contributed by atoms with Crippen LogP contribution in [0.4, 0.5) is 5.13 Å². The van der Waals surface area contributed by atoms with Gasteiger partial charge in [0.05, 0.1) is 16.7 Å². The minimum atomic E-state index is 0.269. The van der Waals surface area contributed by atoms with Crippen molar-refractivity contribution < 1.29 is 9.53 Å². The summed E-state index contributed by atoms with van der Waals surface area (Å²) in [6.07, 6.45) is 3.98. The lowest BCUT2D eigenvalue weighted by atomic mass is 9.96. The Labute approximate surface area is 117 Å². The van der Waals surface area contributed by atoms with E-state index in [1.165, 1.54) is 0 Å². The van der Waals surface area contributed by atoms with Crippen molar-refractivity contribution in [3.05, 3.63) is 10.6 Å². The van der Waals surface area contributed by atoms with Gasteiger partial charge in [-0.05, 0) is 25.2 Å². The monoisotopic (exact) mass is 280 g/mol. The second-order valence-electron chi connectivity index (χ2n) is 5.54. The fourth-order valence-corrected chi connectivity index (χ4v) is 4.02. The predicted octanol–water partition coefficient (Wildman–Crippen LogP) is 2.52. The zero-order valence-electron chi connectivity index (χ0n) is 11.5. The Morgan fingerprint density at radius 3 is 3.00 bits per heavy atom. The number of aromatic nitrogens is 1. The molecule has 1 aliphatic carbocycles. The Balaban J connectivity index is 1.81. The molecule has 0 saturated carbocycles. The molecule has 19 heavy (non-hydrogen) atoms. The summed E-state index contributed by atoms with van der Waals surface area (Å²) in [6, 6.07) is 0. The largest absolute Gasteiger partial charge is 0.379 e. The molecule has 104 valence electrons. The van der Waals surface area contributed by atoms with E-state index in [4.69, 9.17) is 4.74 Å². The first-order valence-electron chi connectivity index (χ1n) is 6.99. The van der Waals surface area contributed by atoms with Crippen molar-refractivity contribution >= 4 is 22.3 Å². The van der Waals surface area contributed by atoms with Crippen LogP contribution in [0, 0.1) is 5.92 Å². The van der Waals surface area contributed by atoms with E-state index in [0.29, 0.717) is 12.3 Å². The van der Waals surface area contributed by atoms with Gasteiger partial charge in [-0.15, -0.1) is 0 Å². The van der Waals surface area contributed by atoms with Crippen molar-refractivity contribution in [1.29, 1.82) is 0 Å². The van der Waals surface area contributed by atoms with Crippen molar-refractivity contribution in [2.75, 3.05) is 25.1 Å². The third kappa shape index (κ3) is 2.41. The first kappa shape index (κ1) is 13.1. The SMILES string of the molecule is COC1CN(c2nc3c(s2)C(=O)CCC3)CCC1C. The number of hydrogen-bond acceptors (Lipinski definition) is 5. The summed E-state index contributed by atoms with van der Waals surface area (Å²) in [5.41, 5.74) is 1.02. The molecular weight excluding hydrogens is 260 g/mol. The molecule has 1 fully saturated rings. The molecule has 1 aromatic rings. The summed E-state index contributed by atoms with van der Waals surface area (Å²) in [4.78, 5) is 19.7. The van der Waals surface area contributed by atoms with E-state index in [-0.39, 0.29) is 11.9 Å². The summed E-state index contributed by atoms with van der Waals surface area (Å²) in [6.45, 7) is 4.14. The number of piperidine rings is 1. The molecule has 0 spiro atoms. The van der Waals surface area contributed by atoms with Gasteiger partial charge >= 0.3 is 0 Å². The average Bonchev–Trinajstić information content (AvgIpc) is 2.85. The van der Waals surface area contributed by atoms with E-state index in [0.717, 1.165) is 48.1 Å². The van der Waals surface area contributed by atoms with E-state index in [2.05, 4.69) is 16.8 Å². The van der Waals surface area contributed by atoms with Gasteiger partial charge < -0.3 is 9.64 Å². The lowest BCUT2D eigenvalue weighted by Gasteiger charge is -2.36. The number of carbonyl (C=O) groups excluding carboxylic acids is 1. The van der Waals surface area contributed by atoms with Gasteiger partial charge in [-0.25, -0.2) is 4.98 Å². The van der Waals surface area contributed by atoms with Gasteiger partial charge in [-0.3, -0.25) is 4.79 Å². The number of anilines is 1. The molecule has 2 atom stereocenters. The van der Waals surface area contributed by atoms with Crippen LogP contribution in [0.5, 0.6) is 0 Å². The smallest absolute Gasteiger partial charge is 0.186 e. The Morgan fingerprint density at radius 1 is 1.42 bits per heavy atom. The molecule has 0 amide bonds. The Kier molecular flexibility index (Phi) is 3.58. The van der Waals surface area contributed by atoms with Crippen LogP contribution < -0.4 is 4.90 Å². The molecule has 0 N–H and O–H groups in total. The quantitative estimate of drug-likeness (QED) is 0.835. The Hall–Kier alpha value is -0.940. The van der Waals surface area contributed by atoms with Gasteiger partial charge in [-0.1, -0.05) is 18.3 Å². The summed E-state index contributed by atoms with van der Waals surface area (Å²) in [5, 5.41) is 1.01. The van der Waals surface area contributed by atoms with E-state index < -0.39 is 0 Å². The zero-order valence-corrected chi connectivity index (χ0v) is 12.3. The highest BCUT2D eigenvalue weighted by Crippen LogP contribution is 2.34. The topological polar surface area (TPSA) is 42.4 Å². The lowest BCUT2D eigenvalue weighted by molar-refractivity contribution is 0.0498. The van der Waals surface area contributed by atoms with E-state index in [9.17, 15) is 4.79 Å². The zero-order chi connectivity index (χ0) is 13.4. The number of aryl methyl sites for hydroxylation is 1. The molecule has 2 heterocycles. The molecule has 1 saturated heterocycles. The van der Waals surface area contributed by atoms with Crippen LogP contribution in [-0.4, -0.2) is 37.1 Å². The molecule has 2 aliphatic rings. The summed E-state index contributed by atoms with van der Waals surface area (Å²) in [5.74, 6) is 0.871. The predicted molar refractivity (Wildman–Crippen MR) is 76.2 cm³/mol. The van der Waals surface area contributed by atoms with Gasteiger partial charge in [0.2, 0.25) is 0 Å². The van der Waals surface area contributed by atoms with Crippen LogP contribution in [0.1, 0.15) is 41.6 Å². The lowest BCUT2D eigenvalue weighted by Crippen LogP contribution is -2.43. The van der Waals surface area contributed by atoms with E-state index in [1.807, 2.05) is 0 Å². The maximum absolute atomic E-state index is 11.9. The maximum Gasteiger partial charge on any atom is 0.186 e. The molecule has 1 aromatic heterocycles. The highest BCUT2D eigenvalue weighted by molar-refractivity contribution is 7.17. The molecule has 4 nitrogen and oxygen atoms in total. The number of hydrogen-bond donors (Lipinski definition) is 0. The number of ketones is 1. The fraction of sp³-hybridized carbons (Fsp3) is 0.714. The third-order valence-electron chi connectivity index (χ3n) is 4.22. The standard InChI is InChI=1S/C14H20N2O2S/c1-9-6-7-16(8-12(9)18-2)14-15-10-4-3-5-11(17)13(10)19-14/h9,12H,3-8H2,1-2H3. The number of thiazole rings is 1. The van der Waals surface area contributed by atoms with Crippen LogP contribution >= 0.6 is 11.3 Å².